The predicted molar refractivity (Wildman–Crippen MR) is 104 cm³/mol. The van der Waals surface area contributed by atoms with E-state index in [4.69, 9.17) is 4.98 Å². The van der Waals surface area contributed by atoms with Crippen molar-refractivity contribution in [1.82, 2.24) is 24.7 Å². The van der Waals surface area contributed by atoms with Crippen LogP contribution in [0.2, 0.25) is 0 Å². The molecule has 0 radical (unpaired) electrons. The van der Waals surface area contributed by atoms with E-state index in [1.807, 2.05) is 44.2 Å². The van der Waals surface area contributed by atoms with Crippen molar-refractivity contribution in [3.63, 3.8) is 0 Å². The molecule has 160 valence electrons. The molecule has 0 spiro atoms. The average molecular weight is 602 g/mol. The minimum Gasteiger partial charge on any atom is -0.343 e. The molecule has 31 heavy (non-hydrogen) atoms. The van der Waals surface area contributed by atoms with Gasteiger partial charge in [-0.15, -0.1) is 12.1 Å². The first-order valence-electron chi connectivity index (χ1n) is 9.07. The summed E-state index contributed by atoms with van der Waals surface area (Å²) in [6.07, 6.45) is 1.19. The normalized spacial score (nSPS) is 11.8. The maximum atomic E-state index is 12.9. The van der Waals surface area contributed by atoms with Crippen LogP contribution in [-0.2, 0) is 32.7 Å². The minimum atomic E-state index is -4.53. The molecule has 0 atom stereocenters. The summed E-state index contributed by atoms with van der Waals surface area (Å²) < 4.78 is 39.6. The summed E-state index contributed by atoms with van der Waals surface area (Å²) in [5.41, 5.74) is 1.33. The van der Waals surface area contributed by atoms with Gasteiger partial charge in [-0.2, -0.15) is 24.8 Å². The third-order valence-electron chi connectivity index (χ3n) is 4.70. The second-order valence-electron chi connectivity index (χ2n) is 7.13. The molecule has 0 aliphatic heterocycles. The van der Waals surface area contributed by atoms with Gasteiger partial charge >= 0.3 is 27.2 Å². The Morgan fingerprint density at radius 2 is 1.61 bits per heavy atom. The summed E-state index contributed by atoms with van der Waals surface area (Å²) in [5.74, 6) is 0.245. The van der Waals surface area contributed by atoms with Gasteiger partial charge in [0.25, 0.3) is 0 Å². The number of nitrogens with zero attached hydrogens (tertiary/aromatic N) is 5. The molecule has 0 saturated carbocycles. The molecule has 0 N–H and O–H groups in total. The zero-order valence-electron chi connectivity index (χ0n) is 16.5. The number of halogens is 3. The minimum absolute atomic E-state index is 0. The molecule has 0 bridgehead atoms. The van der Waals surface area contributed by atoms with Crippen LogP contribution in [0.25, 0.3) is 17.1 Å². The fraction of sp³-hybridized carbons (Fsp3) is 0.182. The Kier molecular flexibility index (Phi) is 6.41. The monoisotopic (exact) mass is 602 g/mol. The van der Waals surface area contributed by atoms with Crippen LogP contribution in [-0.4, -0.2) is 24.7 Å². The molecular weight excluding hydrogens is 586 g/mol. The Hall–Kier alpha value is -2.86. The van der Waals surface area contributed by atoms with Gasteiger partial charge in [0.05, 0.1) is 11.5 Å². The van der Waals surface area contributed by atoms with Crippen molar-refractivity contribution in [2.45, 2.75) is 25.4 Å². The van der Waals surface area contributed by atoms with Crippen molar-refractivity contribution in [2.75, 3.05) is 0 Å². The summed E-state index contributed by atoms with van der Waals surface area (Å²) in [5, 5.41) is 3.55. The summed E-state index contributed by atoms with van der Waals surface area (Å²) in [7, 11) is 0. The number of aromatic nitrogens is 5. The van der Waals surface area contributed by atoms with Gasteiger partial charge in [0.15, 0.2) is 0 Å². The topological polar surface area (TPSA) is 56.5 Å². The molecule has 0 aromatic carbocycles. The number of hydrogen-bond acceptors (Lipinski definition) is 4. The molecular formula is C22H16F3N5Pt. The van der Waals surface area contributed by atoms with Crippen molar-refractivity contribution in [1.29, 1.82) is 0 Å². The summed E-state index contributed by atoms with van der Waals surface area (Å²) in [4.78, 5) is 13.3. The van der Waals surface area contributed by atoms with Crippen LogP contribution in [0.15, 0.2) is 60.9 Å². The Balaban J connectivity index is 0.00000272. The van der Waals surface area contributed by atoms with Crippen LogP contribution < -0.4 is 0 Å². The van der Waals surface area contributed by atoms with E-state index >= 15 is 0 Å². The van der Waals surface area contributed by atoms with Crippen LogP contribution >= 0.6 is 0 Å². The molecule has 0 fully saturated rings. The molecule has 0 saturated heterocycles. The quantitative estimate of drug-likeness (QED) is 0.319. The van der Waals surface area contributed by atoms with E-state index in [0.29, 0.717) is 5.69 Å². The number of alkyl halides is 3. The standard InChI is InChI=1S/C22H16F3N5.Pt/c1-21(2,17-6-3-5-16(27-17)15-9-12-26-13-10-15)18-7-4-8-20(28-18)30-14-11-19(29-30)22(23,24)25;/h3-9,11-13H,1-2H3;/q-2;+2. The van der Waals surface area contributed by atoms with E-state index in [9.17, 15) is 13.2 Å². The van der Waals surface area contributed by atoms with Crippen LogP contribution in [0.3, 0.4) is 0 Å². The number of pyridine rings is 3. The summed E-state index contributed by atoms with van der Waals surface area (Å²) in [6.45, 7) is 3.91. The van der Waals surface area contributed by atoms with Crippen LogP contribution in [0, 0.1) is 12.3 Å². The maximum absolute atomic E-state index is 12.9. The smallest absolute Gasteiger partial charge is 0.343 e. The Bertz CT molecular complexity index is 1170. The van der Waals surface area contributed by atoms with Crippen molar-refractivity contribution in [2.24, 2.45) is 0 Å². The van der Waals surface area contributed by atoms with E-state index in [1.165, 1.54) is 0 Å². The van der Waals surface area contributed by atoms with E-state index in [2.05, 4.69) is 27.3 Å². The Morgan fingerprint density at radius 3 is 2.26 bits per heavy atom. The number of rotatable bonds is 4. The second kappa shape index (κ2) is 8.71. The van der Waals surface area contributed by atoms with Crippen molar-refractivity contribution >= 4 is 0 Å². The van der Waals surface area contributed by atoms with Gasteiger partial charge < -0.3 is 9.67 Å². The Labute approximate surface area is 191 Å². The molecule has 0 aliphatic rings. The zero-order valence-corrected chi connectivity index (χ0v) is 18.7. The van der Waals surface area contributed by atoms with Crippen LogP contribution in [0.1, 0.15) is 30.9 Å². The van der Waals surface area contributed by atoms with Crippen molar-refractivity contribution < 1.29 is 34.2 Å². The fourth-order valence-electron chi connectivity index (χ4n) is 2.97. The second-order valence-corrected chi connectivity index (χ2v) is 7.13. The molecule has 9 heteroatoms. The van der Waals surface area contributed by atoms with E-state index in [-0.39, 0.29) is 26.9 Å². The fourth-order valence-corrected chi connectivity index (χ4v) is 2.97. The van der Waals surface area contributed by atoms with Gasteiger partial charge in [0.1, 0.15) is 0 Å². The predicted octanol–water partition coefficient (Wildman–Crippen LogP) is 4.67. The zero-order chi connectivity index (χ0) is 21.4. The first kappa shape index (κ1) is 22.8. The molecule has 0 amide bonds. The SMILES string of the molecule is CC(C)(c1cccc(-c2[c-]cncc2)n1)c1cccc(-n2[c-]cc(C(F)(F)F)n2)n1.[Pt+2]. The number of hydrogen-bond donors (Lipinski definition) is 0. The summed E-state index contributed by atoms with van der Waals surface area (Å²) in [6, 6.07) is 16.5. The van der Waals surface area contributed by atoms with Gasteiger partial charge in [0, 0.05) is 16.8 Å². The van der Waals surface area contributed by atoms with E-state index in [1.54, 1.807) is 24.5 Å². The molecule has 4 aromatic heterocycles. The molecule has 5 nitrogen and oxygen atoms in total. The first-order chi connectivity index (χ1) is 14.2. The molecule has 4 rings (SSSR count). The van der Waals surface area contributed by atoms with Gasteiger partial charge in [-0.3, -0.25) is 15.1 Å². The average Bonchev–Trinajstić information content (AvgIpc) is 3.26. The van der Waals surface area contributed by atoms with E-state index in [0.717, 1.165) is 27.7 Å². The molecule has 0 unspecified atom stereocenters. The third-order valence-corrected chi connectivity index (χ3v) is 4.70. The van der Waals surface area contributed by atoms with Crippen LogP contribution in [0.5, 0.6) is 0 Å². The Morgan fingerprint density at radius 1 is 0.903 bits per heavy atom. The maximum Gasteiger partial charge on any atom is 2.00 e. The van der Waals surface area contributed by atoms with Gasteiger partial charge in [-0.1, -0.05) is 30.5 Å². The third kappa shape index (κ3) is 4.74. The van der Waals surface area contributed by atoms with Gasteiger partial charge in [-0.25, -0.2) is 0 Å². The summed E-state index contributed by atoms with van der Waals surface area (Å²) >= 11 is 0. The largest absolute Gasteiger partial charge is 2.00 e. The van der Waals surface area contributed by atoms with Gasteiger partial charge in [-0.05, 0) is 44.1 Å². The van der Waals surface area contributed by atoms with Crippen molar-refractivity contribution in [3.8, 4) is 17.1 Å². The molecule has 4 aromatic rings. The molecule has 4 heterocycles. The molecule has 0 aliphatic carbocycles. The van der Waals surface area contributed by atoms with E-state index < -0.39 is 17.3 Å². The van der Waals surface area contributed by atoms with Crippen molar-refractivity contribution in [3.05, 3.63) is 90.3 Å². The van der Waals surface area contributed by atoms with Gasteiger partial charge in [0.2, 0.25) is 0 Å². The van der Waals surface area contributed by atoms with Crippen LogP contribution in [0.4, 0.5) is 13.2 Å². The first-order valence-corrected chi connectivity index (χ1v) is 9.07.